The zero-order valence-electron chi connectivity index (χ0n) is 13.9. The van der Waals surface area contributed by atoms with Crippen molar-refractivity contribution in [1.82, 2.24) is 5.32 Å². The minimum absolute atomic E-state index is 0.155. The molecule has 20 heavy (non-hydrogen) atoms. The molecule has 0 heterocycles. The van der Waals surface area contributed by atoms with Crippen LogP contribution in [-0.2, 0) is 0 Å². The van der Waals surface area contributed by atoms with Gasteiger partial charge in [-0.25, -0.2) is 0 Å². The molecular weight excluding hydrogens is 290 g/mol. The van der Waals surface area contributed by atoms with Crippen LogP contribution in [0.2, 0.25) is 10.0 Å². The smallest absolute Gasteiger partial charge is 0.0595 e. The molecule has 1 aliphatic carbocycles. The van der Waals surface area contributed by atoms with Crippen molar-refractivity contribution in [3.63, 3.8) is 0 Å². The van der Waals surface area contributed by atoms with E-state index in [1.54, 1.807) is 0 Å². The second-order valence-electron chi connectivity index (χ2n) is 5.13. The predicted molar refractivity (Wildman–Crippen MR) is 85.8 cm³/mol. The topological polar surface area (TPSA) is 12.0 Å². The van der Waals surface area contributed by atoms with Gasteiger partial charge in [0.25, 0.3) is 0 Å². The van der Waals surface area contributed by atoms with Gasteiger partial charge in [-0.05, 0) is 48.6 Å². The fourth-order valence-corrected chi connectivity index (χ4v) is 3.32. The van der Waals surface area contributed by atoms with Crippen LogP contribution in [0.1, 0.15) is 45.6 Å². The molecule has 0 spiro atoms. The number of halogens is 2. The first kappa shape index (κ1) is 10.7. The molecule has 1 nitrogen and oxygen atoms in total. The third-order valence-electron chi connectivity index (χ3n) is 4.01. The van der Waals surface area contributed by atoms with E-state index in [1.165, 1.54) is 0 Å². The van der Waals surface area contributed by atoms with E-state index in [0.717, 1.165) is 29.5 Å². The van der Waals surface area contributed by atoms with Gasteiger partial charge in [0, 0.05) is 16.1 Å². The molecule has 2 aromatic carbocycles. The maximum absolute atomic E-state index is 7.47. The highest BCUT2D eigenvalue weighted by molar-refractivity contribution is 6.42. The van der Waals surface area contributed by atoms with Gasteiger partial charge >= 0.3 is 0 Å². The van der Waals surface area contributed by atoms with Crippen molar-refractivity contribution in [1.29, 1.82) is 0 Å². The van der Waals surface area contributed by atoms with Crippen molar-refractivity contribution < 1.29 is 4.11 Å². The van der Waals surface area contributed by atoms with Crippen molar-refractivity contribution in [3.05, 3.63) is 69.2 Å². The number of fused-ring (bicyclic) bond motifs is 1. The molecule has 3 rings (SSSR count). The van der Waals surface area contributed by atoms with Crippen LogP contribution in [0.25, 0.3) is 0 Å². The number of hydrogen-bond acceptors (Lipinski definition) is 1. The van der Waals surface area contributed by atoms with Crippen LogP contribution in [0.4, 0.5) is 0 Å². The van der Waals surface area contributed by atoms with E-state index >= 15 is 0 Å². The Labute approximate surface area is 134 Å². The summed E-state index contributed by atoms with van der Waals surface area (Å²) in [5.41, 5.74) is 3.31. The Kier molecular flexibility index (Phi) is 3.08. The minimum atomic E-state index is -2.14. The molecule has 0 fully saturated rings. The maximum atomic E-state index is 7.47. The highest BCUT2D eigenvalue weighted by Crippen LogP contribution is 2.42. The lowest BCUT2D eigenvalue weighted by Crippen LogP contribution is -2.24. The Morgan fingerprint density at radius 2 is 1.85 bits per heavy atom. The molecule has 2 atom stereocenters. The summed E-state index contributed by atoms with van der Waals surface area (Å²) >= 11 is 12.2. The van der Waals surface area contributed by atoms with E-state index in [1.807, 2.05) is 36.4 Å². The second-order valence-corrected chi connectivity index (χ2v) is 5.94. The summed E-state index contributed by atoms with van der Waals surface area (Å²) in [4.78, 5) is 0. The molecule has 0 aromatic heterocycles. The normalized spacial score (nSPS) is 24.4. The summed E-state index contributed by atoms with van der Waals surface area (Å²) in [6, 6.07) is 13.6. The molecule has 0 saturated carbocycles. The monoisotopic (exact) mass is 309 g/mol. The summed E-state index contributed by atoms with van der Waals surface area (Å²) in [5, 5.41) is 3.85. The Morgan fingerprint density at radius 3 is 2.60 bits per heavy atom. The molecule has 0 unspecified atom stereocenters. The quantitative estimate of drug-likeness (QED) is 0.754. The summed E-state index contributed by atoms with van der Waals surface area (Å²) in [6.45, 7) is -2.14. The van der Waals surface area contributed by atoms with Gasteiger partial charge in [0.05, 0.1) is 10.0 Å². The average molecular weight is 310 g/mol. The van der Waals surface area contributed by atoms with Crippen molar-refractivity contribution >= 4 is 23.2 Å². The van der Waals surface area contributed by atoms with Crippen LogP contribution in [0.5, 0.6) is 0 Å². The van der Waals surface area contributed by atoms with Gasteiger partial charge < -0.3 is 5.32 Å². The van der Waals surface area contributed by atoms with E-state index in [4.69, 9.17) is 27.3 Å². The van der Waals surface area contributed by atoms with E-state index in [9.17, 15) is 0 Å². The highest BCUT2D eigenvalue weighted by atomic mass is 35.5. The first-order valence-corrected chi connectivity index (χ1v) is 7.42. The van der Waals surface area contributed by atoms with Gasteiger partial charge in [0.1, 0.15) is 0 Å². The van der Waals surface area contributed by atoms with Crippen molar-refractivity contribution in [3.8, 4) is 0 Å². The Balaban J connectivity index is 1.98. The van der Waals surface area contributed by atoms with Crippen LogP contribution < -0.4 is 5.32 Å². The van der Waals surface area contributed by atoms with Crippen LogP contribution >= 0.6 is 23.2 Å². The molecular formula is C17H17Cl2N. The van der Waals surface area contributed by atoms with Crippen LogP contribution in [0.3, 0.4) is 0 Å². The standard InChI is InChI=1S/C17H17Cl2N/c1-20-17-9-7-12(13-4-2-3-5-14(13)17)11-6-8-15(18)16(19)10-11/h2-6,8,10,12,17,20H,7,9H2,1H3/t12-,17-/m0/s1/i1+1D3. The predicted octanol–water partition coefficient (Wildman–Crippen LogP) is 5.18. The number of benzene rings is 2. The van der Waals surface area contributed by atoms with Crippen molar-refractivity contribution in [2.75, 3.05) is 6.98 Å². The van der Waals surface area contributed by atoms with Crippen molar-refractivity contribution in [2.45, 2.75) is 24.8 Å². The lowest BCUT2D eigenvalue weighted by Gasteiger charge is -2.32. The first-order chi connectivity index (χ1) is 10.8. The summed E-state index contributed by atoms with van der Waals surface area (Å²) in [5.74, 6) is 0.204. The van der Waals surface area contributed by atoms with E-state index < -0.39 is 6.98 Å². The fourth-order valence-electron chi connectivity index (χ4n) is 3.02. The van der Waals surface area contributed by atoms with E-state index in [0.29, 0.717) is 10.0 Å². The van der Waals surface area contributed by atoms with E-state index in [-0.39, 0.29) is 12.0 Å². The zero-order valence-corrected chi connectivity index (χ0v) is 12.4. The maximum Gasteiger partial charge on any atom is 0.0595 e. The molecule has 0 radical (unpaired) electrons. The lowest BCUT2D eigenvalue weighted by molar-refractivity contribution is 0.471. The Hall–Kier alpha value is -1.02. The molecule has 0 aliphatic heterocycles. The third-order valence-corrected chi connectivity index (χ3v) is 4.75. The van der Waals surface area contributed by atoms with Crippen LogP contribution in [0.15, 0.2) is 42.5 Å². The molecule has 1 N–H and O–H groups in total. The highest BCUT2D eigenvalue weighted by Gasteiger charge is 2.27. The zero-order chi connectivity index (χ0) is 16.6. The molecule has 3 heteroatoms. The summed E-state index contributed by atoms with van der Waals surface area (Å²) < 4.78 is 22.4. The van der Waals surface area contributed by atoms with Crippen LogP contribution in [0, 0.1) is 0 Å². The van der Waals surface area contributed by atoms with E-state index in [2.05, 4.69) is 11.4 Å². The van der Waals surface area contributed by atoms with Crippen molar-refractivity contribution in [2.24, 2.45) is 0 Å². The Bertz CT molecular complexity index is 715. The third kappa shape index (κ3) is 2.46. The van der Waals surface area contributed by atoms with Gasteiger partial charge in [0.15, 0.2) is 0 Å². The molecule has 1 aliphatic rings. The van der Waals surface area contributed by atoms with Gasteiger partial charge in [-0.3, -0.25) is 0 Å². The SMILES string of the molecule is [2H][13C]([2H])([2H])N[C@H]1CC[C@@H](c2ccc(Cl)c(Cl)c2)c2ccccc21. The lowest BCUT2D eigenvalue weighted by atomic mass is 9.77. The van der Waals surface area contributed by atoms with Gasteiger partial charge in [-0.15, -0.1) is 0 Å². The number of nitrogens with one attached hydrogen (secondary N) is 1. The summed E-state index contributed by atoms with van der Waals surface area (Å²) in [6.07, 6.45) is 1.63. The Morgan fingerprint density at radius 1 is 1.05 bits per heavy atom. The van der Waals surface area contributed by atoms with Gasteiger partial charge in [-0.1, -0.05) is 53.5 Å². The largest absolute Gasteiger partial charge is 0.313 e. The number of rotatable bonds is 2. The van der Waals surface area contributed by atoms with Crippen LogP contribution in [-0.4, -0.2) is 6.98 Å². The molecule has 104 valence electrons. The molecule has 0 bridgehead atoms. The average Bonchev–Trinajstić information content (AvgIpc) is 2.49. The fraction of sp³-hybridized carbons (Fsp3) is 0.294. The second kappa shape index (κ2) is 5.77. The molecule has 0 amide bonds. The summed E-state index contributed by atoms with van der Waals surface area (Å²) in [7, 11) is 0. The minimum Gasteiger partial charge on any atom is -0.313 e. The van der Waals surface area contributed by atoms with Gasteiger partial charge in [-0.2, -0.15) is 0 Å². The first-order valence-electron chi connectivity index (χ1n) is 8.16. The molecule has 0 saturated heterocycles. The number of hydrogen-bond donors (Lipinski definition) is 1. The van der Waals surface area contributed by atoms with Gasteiger partial charge in [0.2, 0.25) is 0 Å². The molecule has 2 aromatic rings.